The lowest BCUT2D eigenvalue weighted by Gasteiger charge is -2.16. The van der Waals surface area contributed by atoms with Crippen LogP contribution in [0.4, 0.5) is 0 Å². The van der Waals surface area contributed by atoms with Crippen molar-refractivity contribution in [3.8, 4) is 0 Å². The maximum absolute atomic E-state index is 5.75. The predicted molar refractivity (Wildman–Crippen MR) is 66.4 cm³/mol. The summed E-state index contributed by atoms with van der Waals surface area (Å²) in [5.41, 5.74) is 2.39. The molecule has 0 rings (SSSR count). The predicted octanol–water partition coefficient (Wildman–Crippen LogP) is 3.66. The molecule has 13 heavy (non-hydrogen) atoms. The van der Waals surface area contributed by atoms with Gasteiger partial charge < -0.3 is 4.43 Å². The van der Waals surface area contributed by atoms with Crippen molar-refractivity contribution in [2.45, 2.75) is 45.7 Å². The highest BCUT2D eigenvalue weighted by atomic mass is 28.4. The van der Waals surface area contributed by atoms with Gasteiger partial charge in [0.2, 0.25) is 0 Å². The van der Waals surface area contributed by atoms with Gasteiger partial charge in [0.25, 0.3) is 0 Å². The number of rotatable bonds is 5. The van der Waals surface area contributed by atoms with Crippen LogP contribution in [-0.4, -0.2) is 23.0 Å². The first-order valence-electron chi connectivity index (χ1n) is 5.02. The highest BCUT2D eigenvalue weighted by Crippen LogP contribution is 2.05. The zero-order chi connectivity index (χ0) is 10.5. The number of hydrogen-bond acceptors (Lipinski definition) is 1. The zero-order valence-corrected chi connectivity index (χ0v) is 12.0. The van der Waals surface area contributed by atoms with E-state index in [-0.39, 0.29) is 0 Å². The van der Waals surface area contributed by atoms with Crippen molar-refractivity contribution in [1.82, 2.24) is 0 Å². The Balaban J connectivity index is 3.53. The van der Waals surface area contributed by atoms with Gasteiger partial charge in [-0.05, 0) is 26.1 Å². The fraction of sp³-hybridized carbons (Fsp3) is 0.800. The van der Waals surface area contributed by atoms with Crippen LogP contribution in [0.5, 0.6) is 0 Å². The molecule has 78 valence electrons. The Bertz CT molecular complexity index is 163. The summed E-state index contributed by atoms with van der Waals surface area (Å²) in [6.07, 6.45) is 3.36. The molecule has 0 aromatic heterocycles. The van der Waals surface area contributed by atoms with Crippen LogP contribution in [0.1, 0.15) is 6.42 Å². The highest BCUT2D eigenvalue weighted by molar-refractivity contribution is 6.80. The van der Waals surface area contributed by atoms with Crippen LogP contribution in [0.25, 0.3) is 0 Å². The van der Waals surface area contributed by atoms with Gasteiger partial charge in [0.15, 0.2) is 8.32 Å². The molecule has 0 amide bonds. The van der Waals surface area contributed by atoms with Crippen LogP contribution in [-0.2, 0) is 4.43 Å². The van der Waals surface area contributed by atoms with Gasteiger partial charge in [0, 0.05) is 6.61 Å². The fourth-order valence-corrected chi connectivity index (χ4v) is 2.47. The standard InChI is InChI=1S/C10H24OSi2/c1-12(2,3)10-8-7-9-11-13(4,5)6/h8,10H,7,9H2,1-6H3/b10-8-. The first-order chi connectivity index (χ1) is 5.71. The van der Waals surface area contributed by atoms with Crippen LogP contribution >= 0.6 is 0 Å². The molecule has 0 bridgehead atoms. The second-order valence-electron chi connectivity index (χ2n) is 5.52. The van der Waals surface area contributed by atoms with E-state index >= 15 is 0 Å². The largest absolute Gasteiger partial charge is 0.417 e. The van der Waals surface area contributed by atoms with Gasteiger partial charge in [-0.1, -0.05) is 31.4 Å². The third kappa shape index (κ3) is 12.1. The van der Waals surface area contributed by atoms with E-state index in [2.05, 4.69) is 51.1 Å². The zero-order valence-electron chi connectivity index (χ0n) is 9.98. The van der Waals surface area contributed by atoms with E-state index in [4.69, 9.17) is 4.43 Å². The van der Waals surface area contributed by atoms with E-state index in [1.165, 1.54) is 0 Å². The smallest absolute Gasteiger partial charge is 0.183 e. The average Bonchev–Trinajstić information content (AvgIpc) is 1.81. The van der Waals surface area contributed by atoms with E-state index in [0.29, 0.717) is 0 Å². The summed E-state index contributed by atoms with van der Waals surface area (Å²) < 4.78 is 5.75. The Morgan fingerprint density at radius 2 is 1.54 bits per heavy atom. The Kier molecular flexibility index (Phi) is 5.18. The first-order valence-corrected chi connectivity index (χ1v) is 12.0. The minimum absolute atomic E-state index is 0.900. The first kappa shape index (κ1) is 13.1. The van der Waals surface area contributed by atoms with Crippen molar-refractivity contribution < 1.29 is 4.43 Å². The van der Waals surface area contributed by atoms with Crippen LogP contribution < -0.4 is 0 Å². The van der Waals surface area contributed by atoms with Gasteiger partial charge in [0.1, 0.15) is 0 Å². The molecule has 0 aromatic carbocycles. The Morgan fingerprint density at radius 3 is 1.92 bits per heavy atom. The Morgan fingerprint density at radius 1 is 1.00 bits per heavy atom. The molecular formula is C10H24OSi2. The van der Waals surface area contributed by atoms with Crippen molar-refractivity contribution in [2.24, 2.45) is 0 Å². The van der Waals surface area contributed by atoms with Crippen molar-refractivity contribution in [3.05, 3.63) is 11.8 Å². The molecule has 0 aliphatic rings. The second-order valence-corrected chi connectivity index (χ2v) is 15.1. The molecule has 0 heterocycles. The van der Waals surface area contributed by atoms with E-state index in [0.717, 1.165) is 13.0 Å². The SMILES string of the molecule is C[Si](C)(C)/C=C\CCO[Si](C)(C)C. The normalized spacial score (nSPS) is 14.0. The lowest BCUT2D eigenvalue weighted by atomic mass is 10.5. The highest BCUT2D eigenvalue weighted by Gasteiger charge is 2.12. The van der Waals surface area contributed by atoms with Gasteiger partial charge in [-0.3, -0.25) is 0 Å². The summed E-state index contributed by atoms with van der Waals surface area (Å²) in [7, 11) is -2.25. The molecule has 0 saturated heterocycles. The van der Waals surface area contributed by atoms with Crippen LogP contribution in [0, 0.1) is 0 Å². The van der Waals surface area contributed by atoms with E-state index in [9.17, 15) is 0 Å². The van der Waals surface area contributed by atoms with E-state index < -0.39 is 16.4 Å². The molecule has 0 aliphatic carbocycles. The van der Waals surface area contributed by atoms with E-state index in [1.807, 2.05) is 0 Å². The van der Waals surface area contributed by atoms with Crippen molar-refractivity contribution >= 4 is 16.4 Å². The maximum atomic E-state index is 5.75. The van der Waals surface area contributed by atoms with Gasteiger partial charge in [-0.2, -0.15) is 0 Å². The third-order valence-electron chi connectivity index (χ3n) is 1.44. The molecule has 0 fully saturated rings. The summed E-state index contributed by atoms with van der Waals surface area (Å²) in [4.78, 5) is 0. The fourth-order valence-electron chi connectivity index (χ4n) is 0.870. The van der Waals surface area contributed by atoms with Crippen LogP contribution in [0.3, 0.4) is 0 Å². The topological polar surface area (TPSA) is 9.23 Å². The summed E-state index contributed by atoms with van der Waals surface area (Å²) in [6, 6.07) is 0. The molecule has 0 unspecified atom stereocenters. The monoisotopic (exact) mass is 216 g/mol. The molecule has 0 atom stereocenters. The van der Waals surface area contributed by atoms with Crippen molar-refractivity contribution in [2.75, 3.05) is 6.61 Å². The quantitative estimate of drug-likeness (QED) is 0.503. The average molecular weight is 216 g/mol. The van der Waals surface area contributed by atoms with Gasteiger partial charge >= 0.3 is 0 Å². The summed E-state index contributed by atoms with van der Waals surface area (Å²) in [6.45, 7) is 14.6. The summed E-state index contributed by atoms with van der Waals surface area (Å²) in [5, 5.41) is 0. The third-order valence-corrected chi connectivity index (χ3v) is 3.74. The molecule has 0 spiro atoms. The van der Waals surface area contributed by atoms with Gasteiger partial charge in [-0.25, -0.2) is 0 Å². The van der Waals surface area contributed by atoms with E-state index in [1.54, 1.807) is 0 Å². The lowest BCUT2D eigenvalue weighted by Crippen LogP contribution is -2.25. The molecule has 3 heteroatoms. The Hall–Kier alpha value is 0.134. The summed E-state index contributed by atoms with van der Waals surface area (Å²) >= 11 is 0. The molecule has 0 aliphatic heterocycles. The molecule has 0 aromatic rings. The molecule has 0 saturated carbocycles. The van der Waals surface area contributed by atoms with Gasteiger partial charge in [0.05, 0.1) is 8.07 Å². The van der Waals surface area contributed by atoms with Crippen LogP contribution in [0.15, 0.2) is 11.8 Å². The lowest BCUT2D eigenvalue weighted by molar-refractivity contribution is 0.319. The van der Waals surface area contributed by atoms with Gasteiger partial charge in [-0.15, -0.1) is 0 Å². The minimum atomic E-state index is -1.28. The molecule has 1 nitrogen and oxygen atoms in total. The Labute approximate surface area is 85.3 Å². The minimum Gasteiger partial charge on any atom is -0.417 e. The maximum Gasteiger partial charge on any atom is 0.183 e. The van der Waals surface area contributed by atoms with Crippen molar-refractivity contribution in [1.29, 1.82) is 0 Å². The van der Waals surface area contributed by atoms with Crippen molar-refractivity contribution in [3.63, 3.8) is 0 Å². The van der Waals surface area contributed by atoms with Crippen LogP contribution in [0.2, 0.25) is 39.3 Å². The summed E-state index contributed by atoms with van der Waals surface area (Å²) in [5.74, 6) is 0. The number of hydrogen-bond donors (Lipinski definition) is 0. The second kappa shape index (κ2) is 5.12. The molecular weight excluding hydrogens is 192 g/mol. The molecule has 0 radical (unpaired) electrons. The molecule has 0 N–H and O–H groups in total.